The molecule has 2 aliphatic rings. The van der Waals surface area contributed by atoms with E-state index in [-0.39, 0.29) is 5.41 Å². The zero-order valence-electron chi connectivity index (χ0n) is 10.6. The fourth-order valence-corrected chi connectivity index (χ4v) is 2.90. The molecule has 1 saturated heterocycles. The fraction of sp³-hybridized carbons (Fsp3) is 0.923. The van der Waals surface area contributed by atoms with Crippen LogP contribution in [0.4, 0.5) is 0 Å². The highest BCUT2D eigenvalue weighted by atomic mass is 16.2. The number of hydrogen-bond donors (Lipinski definition) is 0. The minimum Gasteiger partial charge on any atom is -0.342 e. The van der Waals surface area contributed by atoms with Crippen LogP contribution in [-0.4, -0.2) is 23.9 Å². The van der Waals surface area contributed by atoms with Gasteiger partial charge in [0.05, 0.1) is 0 Å². The van der Waals surface area contributed by atoms with Gasteiger partial charge in [-0.05, 0) is 22.7 Å². The Balaban J connectivity index is 1.87. The van der Waals surface area contributed by atoms with Crippen molar-refractivity contribution in [2.45, 2.75) is 41.0 Å². The first-order valence-corrected chi connectivity index (χ1v) is 5.99. The maximum Gasteiger partial charge on any atom is 0.223 e. The van der Waals surface area contributed by atoms with Gasteiger partial charge in [0.25, 0.3) is 0 Å². The van der Waals surface area contributed by atoms with Crippen LogP contribution in [0.1, 0.15) is 41.0 Å². The molecule has 1 aliphatic heterocycles. The van der Waals surface area contributed by atoms with Gasteiger partial charge < -0.3 is 4.90 Å². The van der Waals surface area contributed by atoms with Crippen molar-refractivity contribution in [3.05, 3.63) is 0 Å². The third-order valence-corrected chi connectivity index (χ3v) is 4.16. The van der Waals surface area contributed by atoms with Crippen molar-refractivity contribution in [1.82, 2.24) is 4.90 Å². The van der Waals surface area contributed by atoms with Crippen molar-refractivity contribution in [3.63, 3.8) is 0 Å². The van der Waals surface area contributed by atoms with Crippen LogP contribution in [0.25, 0.3) is 0 Å². The largest absolute Gasteiger partial charge is 0.342 e. The van der Waals surface area contributed by atoms with Crippen molar-refractivity contribution < 1.29 is 4.79 Å². The molecule has 0 aromatic rings. The first-order valence-electron chi connectivity index (χ1n) is 5.99. The van der Waals surface area contributed by atoms with E-state index in [0.717, 1.165) is 24.9 Å². The number of nitrogens with zero attached hydrogens (tertiary/aromatic N) is 1. The Kier molecular flexibility index (Phi) is 2.19. The van der Waals surface area contributed by atoms with E-state index >= 15 is 0 Å². The highest BCUT2D eigenvalue weighted by Gasteiger charge is 2.62. The summed E-state index contributed by atoms with van der Waals surface area (Å²) < 4.78 is 0. The van der Waals surface area contributed by atoms with Gasteiger partial charge in [-0.15, -0.1) is 0 Å². The molecule has 0 unspecified atom stereocenters. The Morgan fingerprint density at radius 2 is 1.73 bits per heavy atom. The number of likely N-dealkylation sites (tertiary alicyclic amines) is 1. The van der Waals surface area contributed by atoms with Gasteiger partial charge in [0, 0.05) is 19.5 Å². The van der Waals surface area contributed by atoms with E-state index in [1.807, 2.05) is 0 Å². The molecule has 1 amide bonds. The normalized spacial score (nSPS) is 32.7. The molecule has 1 saturated carbocycles. The van der Waals surface area contributed by atoms with Crippen molar-refractivity contribution >= 4 is 5.91 Å². The second kappa shape index (κ2) is 2.99. The predicted molar refractivity (Wildman–Crippen MR) is 61.4 cm³/mol. The van der Waals surface area contributed by atoms with Gasteiger partial charge in [0.1, 0.15) is 0 Å². The Morgan fingerprint density at radius 1 is 1.27 bits per heavy atom. The molecule has 2 heteroatoms. The smallest absolute Gasteiger partial charge is 0.223 e. The molecule has 0 bridgehead atoms. The second-order valence-corrected chi connectivity index (χ2v) is 7.07. The van der Waals surface area contributed by atoms with Crippen LogP contribution >= 0.6 is 0 Å². The van der Waals surface area contributed by atoms with Crippen LogP contribution in [0.15, 0.2) is 0 Å². The molecule has 0 N–H and O–H groups in total. The average molecular weight is 209 g/mol. The number of carbonyl (C=O) groups is 1. The molecule has 15 heavy (non-hydrogen) atoms. The zero-order valence-corrected chi connectivity index (χ0v) is 10.6. The van der Waals surface area contributed by atoms with Gasteiger partial charge in [-0.1, -0.05) is 34.6 Å². The fourth-order valence-electron chi connectivity index (χ4n) is 2.90. The third kappa shape index (κ3) is 1.91. The lowest BCUT2D eigenvalue weighted by molar-refractivity contribution is -0.132. The number of rotatable bonds is 1. The maximum atomic E-state index is 12.0. The molecular weight excluding hydrogens is 186 g/mol. The first-order chi connectivity index (χ1) is 6.72. The number of hydrogen-bond acceptors (Lipinski definition) is 1. The number of carbonyl (C=O) groups excluding carboxylic acids is 1. The molecule has 1 heterocycles. The molecule has 1 aliphatic carbocycles. The Labute approximate surface area is 93.0 Å². The maximum absolute atomic E-state index is 12.0. The minimum atomic E-state index is 0.124. The van der Waals surface area contributed by atoms with Crippen molar-refractivity contribution in [2.75, 3.05) is 13.1 Å². The molecular formula is C13H23NO. The highest BCUT2D eigenvalue weighted by Crippen LogP contribution is 2.62. The third-order valence-electron chi connectivity index (χ3n) is 4.16. The van der Waals surface area contributed by atoms with E-state index in [1.54, 1.807) is 0 Å². The van der Waals surface area contributed by atoms with Gasteiger partial charge in [0.15, 0.2) is 0 Å². The molecule has 2 fully saturated rings. The lowest BCUT2D eigenvalue weighted by Crippen LogP contribution is -2.35. The van der Waals surface area contributed by atoms with Gasteiger partial charge in [-0.25, -0.2) is 0 Å². The van der Waals surface area contributed by atoms with E-state index in [4.69, 9.17) is 0 Å². The standard InChI is InChI=1S/C13H23NO/c1-12(2,3)6-11(15)14-7-9-10(8-14)13(9,4)5/h9-10H,6-8H2,1-5H3/t9-,10-/m0/s1. The minimum absolute atomic E-state index is 0.124. The van der Waals surface area contributed by atoms with Crippen LogP contribution in [-0.2, 0) is 4.79 Å². The Morgan fingerprint density at radius 3 is 2.13 bits per heavy atom. The summed E-state index contributed by atoms with van der Waals surface area (Å²) in [6.07, 6.45) is 0.687. The summed E-state index contributed by atoms with van der Waals surface area (Å²) in [7, 11) is 0. The van der Waals surface area contributed by atoms with E-state index < -0.39 is 0 Å². The molecule has 86 valence electrons. The van der Waals surface area contributed by atoms with Gasteiger partial charge in [-0.2, -0.15) is 0 Å². The Bertz CT molecular complexity index is 273. The monoisotopic (exact) mass is 209 g/mol. The lowest BCUT2D eigenvalue weighted by Gasteiger charge is -2.26. The van der Waals surface area contributed by atoms with Crippen molar-refractivity contribution in [3.8, 4) is 0 Å². The topological polar surface area (TPSA) is 20.3 Å². The molecule has 0 radical (unpaired) electrons. The van der Waals surface area contributed by atoms with E-state index in [1.165, 1.54) is 0 Å². The summed E-state index contributed by atoms with van der Waals surface area (Å²) >= 11 is 0. The second-order valence-electron chi connectivity index (χ2n) is 7.07. The lowest BCUT2D eigenvalue weighted by atomic mass is 9.91. The summed E-state index contributed by atoms with van der Waals surface area (Å²) in [4.78, 5) is 14.0. The van der Waals surface area contributed by atoms with Crippen LogP contribution in [0.5, 0.6) is 0 Å². The number of amides is 1. The van der Waals surface area contributed by atoms with Crippen molar-refractivity contribution in [2.24, 2.45) is 22.7 Å². The number of piperidine rings is 1. The summed E-state index contributed by atoms with van der Waals surface area (Å²) in [5, 5.41) is 0. The average Bonchev–Trinajstić information content (AvgIpc) is 2.47. The first kappa shape index (κ1) is 11.0. The van der Waals surface area contributed by atoms with Crippen LogP contribution < -0.4 is 0 Å². The summed E-state index contributed by atoms with van der Waals surface area (Å²) in [6, 6.07) is 0. The summed E-state index contributed by atoms with van der Waals surface area (Å²) in [6.45, 7) is 13.1. The van der Waals surface area contributed by atoms with Gasteiger partial charge >= 0.3 is 0 Å². The molecule has 2 nitrogen and oxygen atoms in total. The molecule has 0 aromatic heterocycles. The van der Waals surface area contributed by atoms with E-state index in [0.29, 0.717) is 17.7 Å². The predicted octanol–water partition coefficient (Wildman–Crippen LogP) is 2.54. The SMILES string of the molecule is CC(C)(C)CC(=O)N1C[C@H]2[C@H](C1)C2(C)C. The van der Waals surface area contributed by atoms with Gasteiger partial charge in [-0.3, -0.25) is 4.79 Å². The quantitative estimate of drug-likeness (QED) is 0.650. The van der Waals surface area contributed by atoms with Crippen LogP contribution in [0.2, 0.25) is 0 Å². The van der Waals surface area contributed by atoms with E-state index in [2.05, 4.69) is 39.5 Å². The number of fused-ring (bicyclic) bond motifs is 1. The van der Waals surface area contributed by atoms with Crippen molar-refractivity contribution in [1.29, 1.82) is 0 Å². The summed E-state index contributed by atoms with van der Waals surface area (Å²) in [5.74, 6) is 1.91. The Hall–Kier alpha value is -0.530. The molecule has 0 spiro atoms. The highest BCUT2D eigenvalue weighted by molar-refractivity contribution is 5.77. The zero-order chi connectivity index (χ0) is 11.4. The molecule has 2 rings (SSSR count). The van der Waals surface area contributed by atoms with E-state index in [9.17, 15) is 4.79 Å². The van der Waals surface area contributed by atoms with Crippen LogP contribution in [0.3, 0.4) is 0 Å². The van der Waals surface area contributed by atoms with Crippen LogP contribution in [0, 0.1) is 22.7 Å². The molecule has 0 aromatic carbocycles. The summed E-state index contributed by atoms with van der Waals surface area (Å²) in [5.41, 5.74) is 0.637. The molecule has 2 atom stereocenters. The van der Waals surface area contributed by atoms with Gasteiger partial charge in [0.2, 0.25) is 5.91 Å².